The maximum absolute atomic E-state index is 12.5. The summed E-state index contributed by atoms with van der Waals surface area (Å²) in [6, 6.07) is 15.3. The summed E-state index contributed by atoms with van der Waals surface area (Å²) >= 11 is 7.23. The summed E-state index contributed by atoms with van der Waals surface area (Å²) < 4.78 is 0. The maximum atomic E-state index is 12.5. The number of allylic oxidation sites excluding steroid dienone is 1. The van der Waals surface area contributed by atoms with Crippen LogP contribution in [0.1, 0.15) is 26.5 Å². The number of aryl methyl sites for hydroxylation is 2. The zero-order valence-electron chi connectivity index (χ0n) is 13.9. The first-order chi connectivity index (χ1) is 12.0. The molecule has 0 radical (unpaired) electrons. The lowest BCUT2D eigenvalue weighted by Crippen LogP contribution is -1.93. The molecule has 0 amide bonds. The molecular formula is C20H17ClN2OS. The third kappa shape index (κ3) is 4.35. The summed E-state index contributed by atoms with van der Waals surface area (Å²) in [4.78, 5) is 17.6. The second-order valence-corrected chi connectivity index (χ2v) is 7.06. The van der Waals surface area contributed by atoms with E-state index in [4.69, 9.17) is 11.6 Å². The molecule has 2 aromatic carbocycles. The summed E-state index contributed by atoms with van der Waals surface area (Å²) in [6.07, 6.45) is 3.35. The van der Waals surface area contributed by atoms with Gasteiger partial charge in [0.15, 0.2) is 10.9 Å². The highest BCUT2D eigenvalue weighted by molar-refractivity contribution is 7.17. The van der Waals surface area contributed by atoms with Gasteiger partial charge in [-0.15, -0.1) is 0 Å². The van der Waals surface area contributed by atoms with Crippen LogP contribution >= 0.6 is 22.9 Å². The van der Waals surface area contributed by atoms with Crippen molar-refractivity contribution in [1.82, 2.24) is 4.98 Å². The van der Waals surface area contributed by atoms with Gasteiger partial charge < -0.3 is 5.32 Å². The van der Waals surface area contributed by atoms with E-state index in [1.165, 1.54) is 11.3 Å². The van der Waals surface area contributed by atoms with Crippen LogP contribution in [0.3, 0.4) is 0 Å². The highest BCUT2D eigenvalue weighted by atomic mass is 35.5. The van der Waals surface area contributed by atoms with E-state index in [0.717, 1.165) is 27.6 Å². The molecule has 0 bridgehead atoms. The summed E-state index contributed by atoms with van der Waals surface area (Å²) in [5.74, 6) is -0.0530. The minimum atomic E-state index is -0.0530. The van der Waals surface area contributed by atoms with Gasteiger partial charge in [-0.3, -0.25) is 4.79 Å². The van der Waals surface area contributed by atoms with Gasteiger partial charge in [0, 0.05) is 10.7 Å². The number of benzene rings is 2. The lowest BCUT2D eigenvalue weighted by atomic mass is 10.2. The van der Waals surface area contributed by atoms with Crippen LogP contribution in [0.5, 0.6) is 0 Å². The Balaban J connectivity index is 1.76. The van der Waals surface area contributed by atoms with E-state index in [2.05, 4.69) is 10.3 Å². The molecule has 1 aromatic heterocycles. The molecule has 5 heteroatoms. The average Bonchev–Trinajstić information content (AvgIpc) is 2.97. The molecule has 0 fully saturated rings. The van der Waals surface area contributed by atoms with Gasteiger partial charge in [-0.25, -0.2) is 4.98 Å². The van der Waals surface area contributed by atoms with Crippen molar-refractivity contribution in [2.24, 2.45) is 0 Å². The van der Waals surface area contributed by atoms with Crippen molar-refractivity contribution in [1.29, 1.82) is 0 Å². The Bertz CT molecular complexity index is 929. The van der Waals surface area contributed by atoms with Crippen molar-refractivity contribution in [3.05, 3.63) is 81.3 Å². The zero-order valence-corrected chi connectivity index (χ0v) is 15.5. The molecule has 3 aromatic rings. The lowest BCUT2D eigenvalue weighted by Gasteiger charge is -2.05. The van der Waals surface area contributed by atoms with E-state index in [-0.39, 0.29) is 5.78 Å². The summed E-state index contributed by atoms with van der Waals surface area (Å²) in [5.41, 5.74) is 3.78. The van der Waals surface area contributed by atoms with Crippen molar-refractivity contribution in [3.63, 3.8) is 0 Å². The Labute approximate surface area is 156 Å². The van der Waals surface area contributed by atoms with Crippen LogP contribution < -0.4 is 5.32 Å². The normalized spacial score (nSPS) is 11.0. The molecule has 25 heavy (non-hydrogen) atoms. The molecule has 0 saturated heterocycles. The summed E-state index contributed by atoms with van der Waals surface area (Å²) in [7, 11) is 0. The Morgan fingerprint density at radius 2 is 1.84 bits per heavy atom. The topological polar surface area (TPSA) is 42.0 Å². The fourth-order valence-electron chi connectivity index (χ4n) is 2.33. The SMILES string of the molecule is Cc1ccccc1Nc1nc(C)c(C(=O)/C=C/c2ccc(Cl)cc2)s1. The Hall–Kier alpha value is -2.43. The molecule has 0 aliphatic carbocycles. The van der Waals surface area contributed by atoms with Crippen LogP contribution in [0.25, 0.3) is 6.08 Å². The van der Waals surface area contributed by atoms with Crippen molar-refractivity contribution in [3.8, 4) is 0 Å². The van der Waals surface area contributed by atoms with Gasteiger partial charge in [-0.05, 0) is 49.2 Å². The van der Waals surface area contributed by atoms with Crippen LogP contribution in [-0.2, 0) is 0 Å². The number of hydrogen-bond acceptors (Lipinski definition) is 4. The van der Waals surface area contributed by atoms with Crippen LogP contribution in [0.2, 0.25) is 5.02 Å². The first kappa shape index (κ1) is 17.4. The predicted octanol–water partition coefficient (Wildman–Crippen LogP) is 6.05. The third-order valence-corrected chi connectivity index (χ3v) is 5.04. The number of nitrogens with zero attached hydrogens (tertiary/aromatic N) is 1. The minimum Gasteiger partial charge on any atom is -0.331 e. The molecule has 1 N–H and O–H groups in total. The molecule has 3 nitrogen and oxygen atoms in total. The van der Waals surface area contributed by atoms with Gasteiger partial charge in [-0.1, -0.05) is 59.3 Å². The highest BCUT2D eigenvalue weighted by Gasteiger charge is 2.13. The van der Waals surface area contributed by atoms with Gasteiger partial charge in [0.05, 0.1) is 10.6 Å². The Morgan fingerprint density at radius 1 is 1.12 bits per heavy atom. The van der Waals surface area contributed by atoms with Crippen molar-refractivity contribution >= 4 is 45.6 Å². The average molecular weight is 369 g/mol. The van der Waals surface area contributed by atoms with Crippen LogP contribution in [-0.4, -0.2) is 10.8 Å². The van der Waals surface area contributed by atoms with E-state index in [0.29, 0.717) is 9.90 Å². The molecule has 126 valence electrons. The molecule has 0 aliphatic rings. The Morgan fingerprint density at radius 3 is 2.56 bits per heavy atom. The van der Waals surface area contributed by atoms with Crippen molar-refractivity contribution in [2.45, 2.75) is 13.8 Å². The second-order valence-electron chi connectivity index (χ2n) is 5.62. The van der Waals surface area contributed by atoms with Crippen LogP contribution in [0, 0.1) is 13.8 Å². The fraction of sp³-hybridized carbons (Fsp3) is 0.100. The van der Waals surface area contributed by atoms with Gasteiger partial charge in [0.2, 0.25) is 0 Å². The standard InChI is InChI=1S/C20H17ClN2OS/c1-13-5-3-4-6-17(13)23-20-22-14(2)19(25-20)18(24)12-9-15-7-10-16(21)11-8-15/h3-12H,1-2H3,(H,22,23)/b12-9+. The van der Waals surface area contributed by atoms with E-state index >= 15 is 0 Å². The van der Waals surface area contributed by atoms with Crippen molar-refractivity contribution < 1.29 is 4.79 Å². The molecule has 0 saturated carbocycles. The third-order valence-electron chi connectivity index (χ3n) is 3.70. The molecular weight excluding hydrogens is 352 g/mol. The lowest BCUT2D eigenvalue weighted by molar-refractivity contribution is 0.105. The number of ketones is 1. The number of anilines is 2. The quantitative estimate of drug-likeness (QED) is 0.440. The minimum absolute atomic E-state index is 0.0530. The molecule has 3 rings (SSSR count). The molecule has 0 unspecified atom stereocenters. The summed E-state index contributed by atoms with van der Waals surface area (Å²) in [5, 5.41) is 4.68. The number of para-hydroxylation sites is 1. The largest absolute Gasteiger partial charge is 0.331 e. The monoisotopic (exact) mass is 368 g/mol. The number of rotatable bonds is 5. The number of thiazole rings is 1. The van der Waals surface area contributed by atoms with E-state index < -0.39 is 0 Å². The maximum Gasteiger partial charge on any atom is 0.197 e. The first-order valence-corrected chi connectivity index (χ1v) is 9.00. The van der Waals surface area contributed by atoms with E-state index in [9.17, 15) is 4.79 Å². The van der Waals surface area contributed by atoms with Crippen LogP contribution in [0.4, 0.5) is 10.8 Å². The number of halogens is 1. The number of carbonyl (C=O) groups is 1. The number of hydrogen-bond donors (Lipinski definition) is 1. The van der Waals surface area contributed by atoms with Gasteiger partial charge in [0.1, 0.15) is 0 Å². The van der Waals surface area contributed by atoms with Crippen molar-refractivity contribution in [2.75, 3.05) is 5.32 Å². The Kier molecular flexibility index (Phi) is 5.31. The fourth-order valence-corrected chi connectivity index (χ4v) is 3.35. The zero-order chi connectivity index (χ0) is 17.8. The smallest absolute Gasteiger partial charge is 0.197 e. The van der Waals surface area contributed by atoms with Gasteiger partial charge in [-0.2, -0.15) is 0 Å². The first-order valence-electron chi connectivity index (χ1n) is 7.81. The van der Waals surface area contributed by atoms with Gasteiger partial charge in [0.25, 0.3) is 0 Å². The van der Waals surface area contributed by atoms with Crippen LogP contribution in [0.15, 0.2) is 54.6 Å². The van der Waals surface area contributed by atoms with E-state index in [1.54, 1.807) is 24.3 Å². The second kappa shape index (κ2) is 7.64. The molecule has 0 aliphatic heterocycles. The highest BCUT2D eigenvalue weighted by Crippen LogP contribution is 2.27. The van der Waals surface area contributed by atoms with E-state index in [1.807, 2.05) is 50.2 Å². The molecule has 0 spiro atoms. The predicted molar refractivity (Wildman–Crippen MR) is 106 cm³/mol. The van der Waals surface area contributed by atoms with Gasteiger partial charge >= 0.3 is 0 Å². The molecule has 1 heterocycles. The number of nitrogens with one attached hydrogen (secondary N) is 1. The summed E-state index contributed by atoms with van der Waals surface area (Å²) in [6.45, 7) is 3.88. The number of aromatic nitrogens is 1. The molecule has 0 atom stereocenters. The number of carbonyl (C=O) groups excluding carboxylic acids is 1.